The molecule has 0 saturated carbocycles. The van der Waals surface area contributed by atoms with Crippen LogP contribution in [0.15, 0.2) is 0 Å². The zero-order valence-electron chi connectivity index (χ0n) is 14.7. The number of rotatable bonds is 5. The predicted octanol–water partition coefficient (Wildman–Crippen LogP) is 0.486. The van der Waals surface area contributed by atoms with Crippen LogP contribution in [0.5, 0.6) is 0 Å². The highest BCUT2D eigenvalue weighted by molar-refractivity contribution is 7.92. The van der Waals surface area contributed by atoms with Crippen LogP contribution < -0.4 is 5.32 Å². The van der Waals surface area contributed by atoms with E-state index in [0.29, 0.717) is 38.5 Å². The Kier molecular flexibility index (Phi) is 6.08. The molecule has 0 aromatic carbocycles. The second kappa shape index (κ2) is 7.49. The molecule has 0 aliphatic carbocycles. The number of nitrogens with zero attached hydrogens (tertiary/aromatic N) is 2. The van der Waals surface area contributed by atoms with Gasteiger partial charge in [-0.05, 0) is 58.8 Å². The smallest absolute Gasteiger partial charge is 0.243 e. The quantitative estimate of drug-likeness (QED) is 0.785. The molecule has 1 amide bonds. The SMILES string of the molecule is CN(CCC1CCCCN1C)C(=O)C1(S(C)(=O)=O)CCNCC1. The summed E-state index contributed by atoms with van der Waals surface area (Å²) in [5, 5.41) is 3.15. The van der Waals surface area contributed by atoms with Crippen molar-refractivity contribution in [3.8, 4) is 0 Å². The van der Waals surface area contributed by atoms with E-state index in [4.69, 9.17) is 0 Å². The Morgan fingerprint density at radius 2 is 1.96 bits per heavy atom. The summed E-state index contributed by atoms with van der Waals surface area (Å²) in [4.78, 5) is 16.9. The van der Waals surface area contributed by atoms with Crippen LogP contribution in [0.4, 0.5) is 0 Å². The summed E-state index contributed by atoms with van der Waals surface area (Å²) in [6, 6.07) is 0.501. The molecule has 1 N–H and O–H groups in total. The number of carbonyl (C=O) groups excluding carboxylic acids is 1. The topological polar surface area (TPSA) is 69.7 Å². The second-order valence-corrected chi connectivity index (χ2v) is 9.49. The summed E-state index contributed by atoms with van der Waals surface area (Å²) in [5.41, 5.74) is 0. The van der Waals surface area contributed by atoms with Crippen molar-refractivity contribution in [3.63, 3.8) is 0 Å². The number of amides is 1. The Morgan fingerprint density at radius 1 is 1.30 bits per heavy atom. The van der Waals surface area contributed by atoms with Gasteiger partial charge in [0.15, 0.2) is 14.6 Å². The van der Waals surface area contributed by atoms with E-state index >= 15 is 0 Å². The minimum absolute atomic E-state index is 0.222. The van der Waals surface area contributed by atoms with Gasteiger partial charge < -0.3 is 15.1 Å². The molecule has 0 aromatic rings. The van der Waals surface area contributed by atoms with E-state index in [2.05, 4.69) is 17.3 Å². The third kappa shape index (κ3) is 4.06. The lowest BCUT2D eigenvalue weighted by Gasteiger charge is -2.38. The van der Waals surface area contributed by atoms with Gasteiger partial charge in [0.2, 0.25) is 5.91 Å². The Balaban J connectivity index is 2.02. The van der Waals surface area contributed by atoms with E-state index in [1.165, 1.54) is 25.5 Å². The van der Waals surface area contributed by atoms with E-state index in [-0.39, 0.29) is 5.91 Å². The first-order chi connectivity index (χ1) is 10.8. The Bertz CT molecular complexity index is 515. The van der Waals surface area contributed by atoms with Crippen molar-refractivity contribution in [2.24, 2.45) is 0 Å². The normalized spacial score (nSPS) is 26.0. The van der Waals surface area contributed by atoms with Gasteiger partial charge >= 0.3 is 0 Å². The number of carbonyl (C=O) groups is 1. The fourth-order valence-electron chi connectivity index (χ4n) is 3.87. The first-order valence-electron chi connectivity index (χ1n) is 8.64. The van der Waals surface area contributed by atoms with Gasteiger partial charge in [-0.3, -0.25) is 4.79 Å². The first-order valence-corrected chi connectivity index (χ1v) is 10.5. The fourth-order valence-corrected chi connectivity index (χ4v) is 5.29. The van der Waals surface area contributed by atoms with Gasteiger partial charge in [0.1, 0.15) is 0 Å². The minimum Gasteiger partial charge on any atom is -0.344 e. The van der Waals surface area contributed by atoms with Crippen LogP contribution in [0.1, 0.15) is 38.5 Å². The summed E-state index contributed by atoms with van der Waals surface area (Å²) < 4.78 is 23.4. The maximum absolute atomic E-state index is 12.9. The van der Waals surface area contributed by atoms with E-state index in [0.717, 1.165) is 13.0 Å². The van der Waals surface area contributed by atoms with E-state index in [1.807, 2.05) is 0 Å². The van der Waals surface area contributed by atoms with E-state index in [9.17, 15) is 13.2 Å². The zero-order chi connectivity index (χ0) is 17.1. The summed E-state index contributed by atoms with van der Waals surface area (Å²) in [5.74, 6) is -0.222. The van der Waals surface area contributed by atoms with Crippen molar-refractivity contribution >= 4 is 15.7 Å². The van der Waals surface area contributed by atoms with Gasteiger partial charge in [-0.1, -0.05) is 6.42 Å². The summed E-state index contributed by atoms with van der Waals surface area (Å²) in [6.45, 7) is 2.90. The number of nitrogens with one attached hydrogen (secondary N) is 1. The van der Waals surface area contributed by atoms with Crippen LogP contribution in [0, 0.1) is 0 Å². The highest BCUT2D eigenvalue weighted by Crippen LogP contribution is 2.30. The molecule has 2 fully saturated rings. The molecule has 2 heterocycles. The average Bonchev–Trinajstić information content (AvgIpc) is 2.52. The lowest BCUT2D eigenvalue weighted by Crippen LogP contribution is -2.57. The van der Waals surface area contributed by atoms with Gasteiger partial charge in [-0.25, -0.2) is 8.42 Å². The molecule has 2 aliphatic heterocycles. The lowest BCUT2D eigenvalue weighted by atomic mass is 9.94. The lowest BCUT2D eigenvalue weighted by molar-refractivity contribution is -0.133. The highest BCUT2D eigenvalue weighted by atomic mass is 32.2. The van der Waals surface area contributed by atoms with Crippen LogP contribution in [-0.2, 0) is 14.6 Å². The Labute approximate surface area is 140 Å². The van der Waals surface area contributed by atoms with Crippen LogP contribution in [0.25, 0.3) is 0 Å². The molecule has 6 nitrogen and oxygen atoms in total. The molecule has 7 heteroatoms. The molecule has 2 rings (SSSR count). The van der Waals surface area contributed by atoms with Crippen LogP contribution in [0.2, 0.25) is 0 Å². The second-order valence-electron chi connectivity index (χ2n) is 7.16. The maximum atomic E-state index is 12.9. The molecule has 0 radical (unpaired) electrons. The van der Waals surface area contributed by atoms with Crippen molar-refractivity contribution in [3.05, 3.63) is 0 Å². The molecule has 134 valence electrons. The molecule has 1 atom stereocenters. The molecular weight excluding hydrogens is 314 g/mol. The summed E-state index contributed by atoms with van der Waals surface area (Å²) >= 11 is 0. The van der Waals surface area contributed by atoms with Gasteiger partial charge in [0.05, 0.1) is 0 Å². The molecule has 23 heavy (non-hydrogen) atoms. The van der Waals surface area contributed by atoms with Crippen molar-refractivity contribution in [2.75, 3.05) is 46.5 Å². The Morgan fingerprint density at radius 3 is 2.52 bits per heavy atom. The third-order valence-electron chi connectivity index (χ3n) is 5.58. The van der Waals surface area contributed by atoms with Crippen LogP contribution in [0.3, 0.4) is 0 Å². The highest BCUT2D eigenvalue weighted by Gasteiger charge is 2.49. The standard InChI is InChI=1S/C16H31N3O3S/c1-18-12-5-4-6-14(18)7-13-19(2)15(20)16(23(3,21)22)8-10-17-11-9-16/h14,17H,4-13H2,1-3H3. The molecule has 2 saturated heterocycles. The van der Waals surface area contributed by atoms with Crippen LogP contribution in [-0.4, -0.2) is 81.4 Å². The average molecular weight is 346 g/mol. The minimum atomic E-state index is -3.43. The number of piperidine rings is 2. The maximum Gasteiger partial charge on any atom is 0.243 e. The van der Waals surface area contributed by atoms with Crippen molar-refractivity contribution in [1.82, 2.24) is 15.1 Å². The molecular formula is C16H31N3O3S. The van der Waals surface area contributed by atoms with Crippen molar-refractivity contribution < 1.29 is 13.2 Å². The predicted molar refractivity (Wildman–Crippen MR) is 92.2 cm³/mol. The van der Waals surface area contributed by atoms with Gasteiger partial charge in [0.25, 0.3) is 0 Å². The number of likely N-dealkylation sites (tertiary alicyclic amines) is 1. The molecule has 1 unspecified atom stereocenters. The van der Waals surface area contributed by atoms with Gasteiger partial charge in [-0.2, -0.15) is 0 Å². The molecule has 2 aliphatic rings. The molecule has 0 bridgehead atoms. The van der Waals surface area contributed by atoms with Gasteiger partial charge in [0, 0.05) is 25.9 Å². The van der Waals surface area contributed by atoms with Crippen LogP contribution >= 0.6 is 0 Å². The third-order valence-corrected chi connectivity index (χ3v) is 7.58. The first kappa shape index (κ1) is 18.7. The summed E-state index contributed by atoms with van der Waals surface area (Å²) in [6.07, 6.45) is 6.52. The van der Waals surface area contributed by atoms with Crippen molar-refractivity contribution in [1.29, 1.82) is 0 Å². The van der Waals surface area contributed by atoms with Gasteiger partial charge in [-0.15, -0.1) is 0 Å². The molecule has 0 aromatic heterocycles. The monoisotopic (exact) mass is 345 g/mol. The molecule has 0 spiro atoms. The fraction of sp³-hybridized carbons (Fsp3) is 0.938. The summed E-state index contributed by atoms with van der Waals surface area (Å²) in [7, 11) is 0.458. The van der Waals surface area contributed by atoms with E-state index in [1.54, 1.807) is 11.9 Å². The van der Waals surface area contributed by atoms with Crippen molar-refractivity contribution in [2.45, 2.75) is 49.3 Å². The number of hydrogen-bond acceptors (Lipinski definition) is 5. The Hall–Kier alpha value is -0.660. The zero-order valence-corrected chi connectivity index (χ0v) is 15.5. The number of sulfone groups is 1. The number of hydrogen-bond donors (Lipinski definition) is 1. The largest absolute Gasteiger partial charge is 0.344 e. The van der Waals surface area contributed by atoms with E-state index < -0.39 is 14.6 Å².